The van der Waals surface area contributed by atoms with Crippen LogP contribution < -0.4 is 5.73 Å². The minimum absolute atomic E-state index is 0.639. The van der Waals surface area contributed by atoms with Gasteiger partial charge < -0.3 is 10.2 Å². The van der Waals surface area contributed by atoms with Crippen LogP contribution in [0.2, 0.25) is 0 Å². The van der Waals surface area contributed by atoms with Crippen LogP contribution in [-0.4, -0.2) is 29.5 Å². The molecule has 1 atom stereocenters. The smallest absolute Gasteiger partial charge is 0.226 e. The van der Waals surface area contributed by atoms with E-state index >= 15 is 0 Å². The fourth-order valence-corrected chi connectivity index (χ4v) is 2.57. The summed E-state index contributed by atoms with van der Waals surface area (Å²) in [5, 5.41) is 0. The highest BCUT2D eigenvalue weighted by Gasteiger charge is 2.22. The van der Waals surface area contributed by atoms with Gasteiger partial charge >= 0.3 is 0 Å². The Kier molecular flexibility index (Phi) is 3.62. The lowest BCUT2D eigenvalue weighted by atomic mass is 10.1. The average molecular weight is 257 g/mol. The Morgan fingerprint density at radius 2 is 2.16 bits per heavy atom. The lowest BCUT2D eigenvalue weighted by Crippen LogP contribution is -2.22. The Balaban J connectivity index is 1.66. The summed E-state index contributed by atoms with van der Waals surface area (Å²) in [7, 11) is 0. The molecule has 0 spiro atoms. The number of rotatable bonds is 4. The molecule has 2 N–H and O–H groups in total. The molecule has 19 heavy (non-hydrogen) atoms. The van der Waals surface area contributed by atoms with E-state index in [0.717, 1.165) is 37.4 Å². The molecule has 1 aliphatic rings. The monoisotopic (exact) mass is 257 g/mol. The maximum atomic E-state index is 5.71. The van der Waals surface area contributed by atoms with E-state index in [0.29, 0.717) is 11.8 Å². The molecule has 100 valence electrons. The van der Waals surface area contributed by atoms with Crippen molar-refractivity contribution in [2.75, 3.05) is 19.6 Å². The second-order valence-corrected chi connectivity index (χ2v) is 5.14. The lowest BCUT2D eigenvalue weighted by molar-refractivity contribution is 0.313. The molecular weight excluding hydrogens is 238 g/mol. The van der Waals surface area contributed by atoms with Gasteiger partial charge in [-0.25, -0.2) is 4.98 Å². The van der Waals surface area contributed by atoms with Gasteiger partial charge in [0.2, 0.25) is 5.89 Å². The molecule has 1 fully saturated rings. The van der Waals surface area contributed by atoms with E-state index in [9.17, 15) is 0 Å². The maximum absolute atomic E-state index is 5.71. The molecule has 1 aromatic carbocycles. The number of oxazole rings is 1. The van der Waals surface area contributed by atoms with Gasteiger partial charge in [-0.2, -0.15) is 0 Å². The Labute approximate surface area is 113 Å². The molecule has 1 saturated heterocycles. The topological polar surface area (TPSA) is 55.3 Å². The van der Waals surface area contributed by atoms with Gasteiger partial charge in [-0.15, -0.1) is 0 Å². The molecule has 0 aliphatic carbocycles. The van der Waals surface area contributed by atoms with Crippen molar-refractivity contribution in [2.45, 2.75) is 13.0 Å². The van der Waals surface area contributed by atoms with Crippen molar-refractivity contribution in [3.63, 3.8) is 0 Å². The van der Waals surface area contributed by atoms with Crippen LogP contribution in [-0.2, 0) is 6.54 Å². The third kappa shape index (κ3) is 2.85. The van der Waals surface area contributed by atoms with Gasteiger partial charge in [-0.05, 0) is 37.6 Å². The third-order valence-corrected chi connectivity index (χ3v) is 3.66. The van der Waals surface area contributed by atoms with Crippen molar-refractivity contribution >= 4 is 0 Å². The fourth-order valence-electron chi connectivity index (χ4n) is 2.57. The molecule has 3 rings (SSSR count). The third-order valence-electron chi connectivity index (χ3n) is 3.66. The van der Waals surface area contributed by atoms with Gasteiger partial charge in [0.25, 0.3) is 0 Å². The predicted molar refractivity (Wildman–Crippen MR) is 74.4 cm³/mol. The van der Waals surface area contributed by atoms with Crippen LogP contribution in [0.15, 0.2) is 41.0 Å². The normalized spacial score (nSPS) is 19.9. The largest absolute Gasteiger partial charge is 0.444 e. The molecule has 1 aliphatic heterocycles. The molecular formula is C15H19N3O. The van der Waals surface area contributed by atoms with Crippen LogP contribution in [0, 0.1) is 5.92 Å². The average Bonchev–Trinajstić information content (AvgIpc) is 3.09. The number of nitrogens with two attached hydrogens (primary N) is 1. The SMILES string of the molecule is NCC1CCN(Cc2coc(-c3ccccc3)n2)C1. The van der Waals surface area contributed by atoms with Crippen molar-refractivity contribution in [3.8, 4) is 11.5 Å². The van der Waals surface area contributed by atoms with Crippen LogP contribution in [0.4, 0.5) is 0 Å². The molecule has 1 aromatic heterocycles. The molecule has 4 heteroatoms. The summed E-state index contributed by atoms with van der Waals surface area (Å²) >= 11 is 0. The second-order valence-electron chi connectivity index (χ2n) is 5.14. The predicted octanol–water partition coefficient (Wildman–Crippen LogP) is 2.12. The van der Waals surface area contributed by atoms with Crippen LogP contribution in [0.25, 0.3) is 11.5 Å². The number of likely N-dealkylation sites (tertiary alicyclic amines) is 1. The highest BCUT2D eigenvalue weighted by molar-refractivity contribution is 5.52. The van der Waals surface area contributed by atoms with Crippen molar-refractivity contribution in [1.29, 1.82) is 0 Å². The molecule has 0 amide bonds. The fraction of sp³-hybridized carbons (Fsp3) is 0.400. The number of benzene rings is 1. The standard InChI is InChI=1S/C15H19N3O/c16-8-12-6-7-18(9-12)10-14-11-19-15(17-14)13-4-2-1-3-5-13/h1-5,11-12H,6-10,16H2. The quantitative estimate of drug-likeness (QED) is 0.911. The molecule has 0 bridgehead atoms. The van der Waals surface area contributed by atoms with Crippen LogP contribution in [0.1, 0.15) is 12.1 Å². The summed E-state index contributed by atoms with van der Waals surface area (Å²) in [6.45, 7) is 3.82. The molecule has 4 nitrogen and oxygen atoms in total. The van der Waals surface area contributed by atoms with E-state index in [1.165, 1.54) is 6.42 Å². The zero-order valence-electron chi connectivity index (χ0n) is 11.0. The maximum Gasteiger partial charge on any atom is 0.226 e. The summed E-state index contributed by atoms with van der Waals surface area (Å²) in [6.07, 6.45) is 2.96. The first-order valence-corrected chi connectivity index (χ1v) is 6.77. The van der Waals surface area contributed by atoms with Crippen molar-refractivity contribution in [2.24, 2.45) is 11.7 Å². The molecule has 0 saturated carbocycles. The Hall–Kier alpha value is -1.65. The Morgan fingerprint density at radius 3 is 2.89 bits per heavy atom. The molecule has 0 radical (unpaired) electrons. The van der Waals surface area contributed by atoms with Gasteiger partial charge in [0.1, 0.15) is 6.26 Å². The summed E-state index contributed by atoms with van der Waals surface area (Å²) in [4.78, 5) is 6.95. The molecule has 2 aromatic rings. The van der Waals surface area contributed by atoms with E-state index in [1.54, 1.807) is 6.26 Å². The first-order valence-electron chi connectivity index (χ1n) is 6.77. The number of hydrogen-bond acceptors (Lipinski definition) is 4. The number of hydrogen-bond donors (Lipinski definition) is 1. The zero-order valence-corrected chi connectivity index (χ0v) is 11.0. The number of nitrogens with zero attached hydrogens (tertiary/aromatic N) is 2. The van der Waals surface area contributed by atoms with Gasteiger partial charge in [-0.3, -0.25) is 4.90 Å². The summed E-state index contributed by atoms with van der Waals surface area (Å²) < 4.78 is 5.55. The van der Waals surface area contributed by atoms with Gasteiger partial charge in [0.15, 0.2) is 0 Å². The highest BCUT2D eigenvalue weighted by Crippen LogP contribution is 2.21. The Bertz CT molecular complexity index is 523. The van der Waals surface area contributed by atoms with Crippen molar-refractivity contribution < 1.29 is 4.42 Å². The Morgan fingerprint density at radius 1 is 1.32 bits per heavy atom. The van der Waals surface area contributed by atoms with Gasteiger partial charge in [-0.1, -0.05) is 18.2 Å². The molecule has 2 heterocycles. The van der Waals surface area contributed by atoms with E-state index < -0.39 is 0 Å². The van der Waals surface area contributed by atoms with Crippen LogP contribution in [0.3, 0.4) is 0 Å². The first-order chi connectivity index (χ1) is 9.35. The van der Waals surface area contributed by atoms with Crippen LogP contribution in [0.5, 0.6) is 0 Å². The molecule has 1 unspecified atom stereocenters. The van der Waals surface area contributed by atoms with E-state index in [2.05, 4.69) is 9.88 Å². The van der Waals surface area contributed by atoms with E-state index in [1.807, 2.05) is 30.3 Å². The van der Waals surface area contributed by atoms with Crippen LogP contribution >= 0.6 is 0 Å². The van der Waals surface area contributed by atoms with Crippen molar-refractivity contribution in [1.82, 2.24) is 9.88 Å². The lowest BCUT2D eigenvalue weighted by Gasteiger charge is -2.13. The van der Waals surface area contributed by atoms with Gasteiger partial charge in [0.05, 0.1) is 5.69 Å². The second kappa shape index (κ2) is 5.55. The minimum Gasteiger partial charge on any atom is -0.444 e. The van der Waals surface area contributed by atoms with Crippen molar-refractivity contribution in [3.05, 3.63) is 42.3 Å². The zero-order chi connectivity index (χ0) is 13.1. The van der Waals surface area contributed by atoms with E-state index in [-0.39, 0.29) is 0 Å². The summed E-state index contributed by atoms with van der Waals surface area (Å²) in [6, 6.07) is 9.99. The summed E-state index contributed by atoms with van der Waals surface area (Å²) in [5.41, 5.74) is 7.73. The highest BCUT2D eigenvalue weighted by atomic mass is 16.3. The summed E-state index contributed by atoms with van der Waals surface area (Å²) in [5.74, 6) is 1.34. The number of aromatic nitrogens is 1. The van der Waals surface area contributed by atoms with Gasteiger partial charge in [0, 0.05) is 18.7 Å². The minimum atomic E-state index is 0.639. The first kappa shape index (κ1) is 12.4. The van der Waals surface area contributed by atoms with E-state index in [4.69, 9.17) is 10.2 Å².